The van der Waals surface area contributed by atoms with Crippen LogP contribution in [0.5, 0.6) is 5.75 Å². The highest BCUT2D eigenvalue weighted by Gasteiger charge is 1.96. The molecule has 0 amide bonds. The van der Waals surface area contributed by atoms with Gasteiger partial charge in [0.2, 0.25) is 0 Å². The van der Waals surface area contributed by atoms with Crippen LogP contribution in [0.4, 0.5) is 0 Å². The van der Waals surface area contributed by atoms with E-state index in [9.17, 15) is 0 Å². The molecule has 1 aromatic carbocycles. The first-order valence-electron chi connectivity index (χ1n) is 5.40. The van der Waals surface area contributed by atoms with Gasteiger partial charge in [-0.25, -0.2) is 0 Å². The van der Waals surface area contributed by atoms with Crippen LogP contribution in [-0.4, -0.2) is 12.1 Å². The fourth-order valence-corrected chi connectivity index (χ4v) is 1.63. The topological polar surface area (TPSA) is 22.1 Å². The molecular formula is C14H15NO. The van der Waals surface area contributed by atoms with Gasteiger partial charge in [0.05, 0.1) is 7.11 Å². The second kappa shape index (κ2) is 5.31. The van der Waals surface area contributed by atoms with Crippen molar-refractivity contribution < 1.29 is 4.74 Å². The van der Waals surface area contributed by atoms with Crippen molar-refractivity contribution in [3.8, 4) is 5.75 Å². The highest BCUT2D eigenvalue weighted by atomic mass is 16.5. The summed E-state index contributed by atoms with van der Waals surface area (Å²) in [7, 11) is 1.69. The van der Waals surface area contributed by atoms with Gasteiger partial charge in [-0.1, -0.05) is 12.1 Å². The van der Waals surface area contributed by atoms with Gasteiger partial charge in [-0.3, -0.25) is 4.98 Å². The highest BCUT2D eigenvalue weighted by Crippen LogP contribution is 2.13. The number of rotatable bonds is 4. The first-order valence-corrected chi connectivity index (χ1v) is 5.40. The lowest BCUT2D eigenvalue weighted by Crippen LogP contribution is -1.91. The first-order chi connectivity index (χ1) is 7.88. The Balaban J connectivity index is 1.94. The van der Waals surface area contributed by atoms with Gasteiger partial charge in [0.15, 0.2) is 0 Å². The number of benzene rings is 1. The summed E-state index contributed by atoms with van der Waals surface area (Å²) in [5, 5.41) is 0. The van der Waals surface area contributed by atoms with Crippen LogP contribution in [0.3, 0.4) is 0 Å². The number of hydrogen-bond acceptors (Lipinski definition) is 2. The molecule has 0 unspecified atom stereocenters. The molecule has 2 rings (SSSR count). The van der Waals surface area contributed by atoms with Crippen LogP contribution >= 0.6 is 0 Å². The molecule has 16 heavy (non-hydrogen) atoms. The number of pyridine rings is 1. The van der Waals surface area contributed by atoms with E-state index in [0.717, 1.165) is 18.6 Å². The predicted octanol–water partition coefficient (Wildman–Crippen LogP) is 2.88. The number of hydrogen-bond donors (Lipinski definition) is 0. The lowest BCUT2D eigenvalue weighted by molar-refractivity contribution is 0.414. The smallest absolute Gasteiger partial charge is 0.118 e. The molecule has 2 aromatic rings. The second-order valence-electron chi connectivity index (χ2n) is 3.70. The Kier molecular flexibility index (Phi) is 3.54. The Bertz CT molecular complexity index is 422. The maximum Gasteiger partial charge on any atom is 0.118 e. The summed E-state index contributed by atoms with van der Waals surface area (Å²) < 4.78 is 5.12. The zero-order valence-electron chi connectivity index (χ0n) is 9.39. The van der Waals surface area contributed by atoms with E-state index in [-0.39, 0.29) is 0 Å². The third kappa shape index (κ3) is 2.83. The molecule has 0 saturated carbocycles. The summed E-state index contributed by atoms with van der Waals surface area (Å²) in [5.41, 5.74) is 2.66. The van der Waals surface area contributed by atoms with Crippen molar-refractivity contribution >= 4 is 0 Å². The zero-order chi connectivity index (χ0) is 11.2. The summed E-state index contributed by atoms with van der Waals surface area (Å²) in [5.74, 6) is 0.910. The molecule has 0 aliphatic rings. The van der Waals surface area contributed by atoms with Crippen LogP contribution in [0, 0.1) is 0 Å². The number of ether oxygens (including phenoxy) is 1. The van der Waals surface area contributed by atoms with Gasteiger partial charge in [-0.2, -0.15) is 0 Å². The standard InChI is InChI=1S/C14H15NO/c1-16-14-6-4-12(5-7-14)2-3-13-8-10-15-11-9-13/h4-11H,2-3H2,1H3. The maximum absolute atomic E-state index is 5.12. The minimum absolute atomic E-state index is 0.910. The average Bonchev–Trinajstić information content (AvgIpc) is 2.38. The summed E-state index contributed by atoms with van der Waals surface area (Å²) in [6.07, 6.45) is 5.77. The minimum atomic E-state index is 0.910. The summed E-state index contributed by atoms with van der Waals surface area (Å²) >= 11 is 0. The Morgan fingerprint density at radius 1 is 0.875 bits per heavy atom. The van der Waals surface area contributed by atoms with E-state index in [1.54, 1.807) is 7.11 Å². The minimum Gasteiger partial charge on any atom is -0.497 e. The van der Waals surface area contributed by atoms with E-state index in [4.69, 9.17) is 4.74 Å². The molecule has 0 aliphatic carbocycles. The van der Waals surface area contributed by atoms with E-state index in [1.165, 1.54) is 11.1 Å². The molecule has 1 heterocycles. The number of aryl methyl sites for hydroxylation is 2. The Labute approximate surface area is 95.9 Å². The third-order valence-corrected chi connectivity index (χ3v) is 2.61. The maximum atomic E-state index is 5.12. The molecule has 2 heteroatoms. The van der Waals surface area contributed by atoms with Crippen LogP contribution in [-0.2, 0) is 12.8 Å². The first kappa shape index (κ1) is 10.7. The van der Waals surface area contributed by atoms with Gasteiger partial charge in [-0.15, -0.1) is 0 Å². The normalized spacial score (nSPS) is 10.1. The van der Waals surface area contributed by atoms with Crippen LogP contribution < -0.4 is 4.74 Å². The molecule has 0 spiro atoms. The van der Waals surface area contributed by atoms with Gasteiger partial charge in [0, 0.05) is 12.4 Å². The molecule has 2 nitrogen and oxygen atoms in total. The summed E-state index contributed by atoms with van der Waals surface area (Å²) in [6.45, 7) is 0. The fourth-order valence-electron chi connectivity index (χ4n) is 1.63. The van der Waals surface area contributed by atoms with Crippen LogP contribution in [0.25, 0.3) is 0 Å². The highest BCUT2D eigenvalue weighted by molar-refractivity contribution is 5.27. The van der Waals surface area contributed by atoms with Crippen molar-refractivity contribution in [3.63, 3.8) is 0 Å². The molecule has 82 valence electrons. The predicted molar refractivity (Wildman–Crippen MR) is 64.6 cm³/mol. The molecule has 0 saturated heterocycles. The van der Waals surface area contributed by atoms with Crippen molar-refractivity contribution in [2.75, 3.05) is 7.11 Å². The largest absolute Gasteiger partial charge is 0.497 e. The van der Waals surface area contributed by atoms with E-state index in [0.29, 0.717) is 0 Å². The van der Waals surface area contributed by atoms with Crippen LogP contribution in [0.1, 0.15) is 11.1 Å². The SMILES string of the molecule is COc1ccc(CCc2ccncc2)cc1. The number of nitrogens with zero attached hydrogens (tertiary/aromatic N) is 1. The Morgan fingerprint density at radius 3 is 2.00 bits per heavy atom. The van der Waals surface area contributed by atoms with Crippen molar-refractivity contribution in [3.05, 3.63) is 59.9 Å². The lowest BCUT2D eigenvalue weighted by Gasteiger charge is -2.03. The zero-order valence-corrected chi connectivity index (χ0v) is 9.39. The lowest BCUT2D eigenvalue weighted by atomic mass is 10.1. The van der Waals surface area contributed by atoms with Gasteiger partial charge < -0.3 is 4.74 Å². The van der Waals surface area contributed by atoms with Crippen molar-refractivity contribution in [1.82, 2.24) is 4.98 Å². The molecule has 0 N–H and O–H groups in total. The third-order valence-electron chi connectivity index (χ3n) is 2.61. The Morgan fingerprint density at radius 2 is 1.44 bits per heavy atom. The average molecular weight is 213 g/mol. The van der Waals surface area contributed by atoms with E-state index in [2.05, 4.69) is 29.2 Å². The van der Waals surface area contributed by atoms with Crippen LogP contribution in [0.15, 0.2) is 48.8 Å². The molecule has 0 fully saturated rings. The number of methoxy groups -OCH3 is 1. The van der Waals surface area contributed by atoms with Gasteiger partial charge in [0.1, 0.15) is 5.75 Å². The van der Waals surface area contributed by atoms with Crippen molar-refractivity contribution in [1.29, 1.82) is 0 Å². The second-order valence-corrected chi connectivity index (χ2v) is 3.70. The summed E-state index contributed by atoms with van der Waals surface area (Å²) in [6, 6.07) is 12.3. The van der Waals surface area contributed by atoms with Crippen LogP contribution in [0.2, 0.25) is 0 Å². The van der Waals surface area contributed by atoms with E-state index in [1.807, 2.05) is 24.5 Å². The van der Waals surface area contributed by atoms with E-state index < -0.39 is 0 Å². The molecule has 0 atom stereocenters. The molecular weight excluding hydrogens is 198 g/mol. The number of aromatic nitrogens is 1. The molecule has 0 aliphatic heterocycles. The molecule has 0 radical (unpaired) electrons. The summed E-state index contributed by atoms with van der Waals surface area (Å²) in [4.78, 5) is 4.01. The molecule has 0 bridgehead atoms. The quantitative estimate of drug-likeness (QED) is 0.779. The Hall–Kier alpha value is -1.83. The van der Waals surface area contributed by atoms with Crippen molar-refractivity contribution in [2.24, 2.45) is 0 Å². The van der Waals surface area contributed by atoms with Crippen molar-refractivity contribution in [2.45, 2.75) is 12.8 Å². The van der Waals surface area contributed by atoms with E-state index >= 15 is 0 Å². The van der Waals surface area contributed by atoms with Gasteiger partial charge >= 0.3 is 0 Å². The molecule has 1 aromatic heterocycles. The fraction of sp³-hybridized carbons (Fsp3) is 0.214. The van der Waals surface area contributed by atoms with Gasteiger partial charge in [0.25, 0.3) is 0 Å². The van der Waals surface area contributed by atoms with Gasteiger partial charge in [-0.05, 0) is 48.2 Å². The monoisotopic (exact) mass is 213 g/mol.